The van der Waals surface area contributed by atoms with Crippen molar-refractivity contribution in [2.75, 3.05) is 13.1 Å². The summed E-state index contributed by atoms with van der Waals surface area (Å²) in [5.41, 5.74) is 0. The lowest BCUT2D eigenvalue weighted by Crippen LogP contribution is -2.28. The van der Waals surface area contributed by atoms with Gasteiger partial charge in [0.2, 0.25) is 0 Å². The fourth-order valence-electron chi connectivity index (χ4n) is 1.95. The van der Waals surface area contributed by atoms with Crippen molar-refractivity contribution in [1.82, 2.24) is 4.90 Å². The van der Waals surface area contributed by atoms with Gasteiger partial charge in [0.05, 0.1) is 6.54 Å². The minimum Gasteiger partial charge on any atom is -0.298 e. The maximum Gasteiger partial charge on any atom is 0.151 e. The number of likely N-dealkylation sites (tertiary alicyclic amines) is 1. The van der Waals surface area contributed by atoms with Crippen LogP contribution in [0.1, 0.15) is 34.1 Å². The number of nitrogens with zero attached hydrogens (tertiary/aromatic N) is 1. The molecule has 0 spiro atoms. The van der Waals surface area contributed by atoms with E-state index in [1.165, 1.54) is 0 Å². The Labute approximate surface area is 81.3 Å². The van der Waals surface area contributed by atoms with Crippen molar-refractivity contribution in [3.8, 4) is 0 Å². The molecule has 0 aromatic rings. The van der Waals surface area contributed by atoms with Crippen LogP contribution in [-0.4, -0.2) is 29.8 Å². The number of Topliss-reactive ketones (excluding diaryl/α,β-unsaturated/α-hetero) is 1. The first-order valence-corrected chi connectivity index (χ1v) is 5.27. The normalized spacial score (nSPS) is 25.1. The highest BCUT2D eigenvalue weighted by atomic mass is 16.1. The molecule has 2 heteroatoms. The van der Waals surface area contributed by atoms with E-state index in [1.807, 2.05) is 0 Å². The van der Waals surface area contributed by atoms with Crippen molar-refractivity contribution < 1.29 is 4.79 Å². The third-order valence-electron chi connectivity index (χ3n) is 2.76. The number of carbonyl (C=O) groups is 1. The average Bonchev–Trinajstić information content (AvgIpc) is 2.31. The quantitative estimate of drug-likeness (QED) is 0.666. The van der Waals surface area contributed by atoms with Crippen LogP contribution >= 0.6 is 0 Å². The minimum atomic E-state index is 0.308. The van der Waals surface area contributed by atoms with Crippen molar-refractivity contribution in [3.63, 3.8) is 0 Å². The van der Waals surface area contributed by atoms with Crippen molar-refractivity contribution in [2.45, 2.75) is 40.2 Å². The predicted molar refractivity (Wildman–Crippen MR) is 54.7 cm³/mol. The summed E-state index contributed by atoms with van der Waals surface area (Å²) in [5.74, 6) is 1.39. The standard InChI is InChI=1S/C11H21NO/c1-8(2)5-10-6-12(9(3)4)7-11(10)13/h8-10H,5-7H2,1-4H3. The zero-order chi connectivity index (χ0) is 10.0. The topological polar surface area (TPSA) is 20.3 Å². The van der Waals surface area contributed by atoms with Gasteiger partial charge in [-0.2, -0.15) is 0 Å². The van der Waals surface area contributed by atoms with Gasteiger partial charge in [-0.1, -0.05) is 13.8 Å². The Balaban J connectivity index is 2.47. The molecule has 1 atom stereocenters. The Morgan fingerprint density at radius 2 is 2.00 bits per heavy atom. The van der Waals surface area contributed by atoms with Crippen LogP contribution in [0.2, 0.25) is 0 Å². The first-order chi connectivity index (χ1) is 6.00. The van der Waals surface area contributed by atoms with E-state index < -0.39 is 0 Å². The van der Waals surface area contributed by atoms with Crippen LogP contribution in [0.15, 0.2) is 0 Å². The Hall–Kier alpha value is -0.370. The molecule has 0 radical (unpaired) electrons. The van der Waals surface area contributed by atoms with E-state index >= 15 is 0 Å². The van der Waals surface area contributed by atoms with Gasteiger partial charge in [-0.3, -0.25) is 9.69 Å². The lowest BCUT2D eigenvalue weighted by molar-refractivity contribution is -0.120. The molecule has 2 nitrogen and oxygen atoms in total. The monoisotopic (exact) mass is 183 g/mol. The zero-order valence-corrected chi connectivity index (χ0v) is 9.21. The molecule has 0 N–H and O–H groups in total. The molecule has 1 aliphatic rings. The molecule has 1 rings (SSSR count). The second-order valence-corrected chi connectivity index (χ2v) is 4.82. The van der Waals surface area contributed by atoms with Crippen LogP contribution in [0, 0.1) is 11.8 Å². The van der Waals surface area contributed by atoms with Gasteiger partial charge in [0.1, 0.15) is 0 Å². The lowest BCUT2D eigenvalue weighted by atomic mass is 9.96. The summed E-state index contributed by atoms with van der Waals surface area (Å²) < 4.78 is 0. The zero-order valence-electron chi connectivity index (χ0n) is 9.21. The molecule has 76 valence electrons. The fourth-order valence-corrected chi connectivity index (χ4v) is 1.95. The molecule has 13 heavy (non-hydrogen) atoms. The number of rotatable bonds is 3. The Bertz CT molecular complexity index is 187. The average molecular weight is 183 g/mol. The van der Waals surface area contributed by atoms with Crippen molar-refractivity contribution in [2.24, 2.45) is 11.8 Å². The molecular weight excluding hydrogens is 162 g/mol. The summed E-state index contributed by atoms with van der Waals surface area (Å²) in [4.78, 5) is 13.9. The summed E-state index contributed by atoms with van der Waals surface area (Å²) in [6.45, 7) is 10.3. The summed E-state index contributed by atoms with van der Waals surface area (Å²) >= 11 is 0. The molecule has 0 aliphatic carbocycles. The van der Waals surface area contributed by atoms with E-state index in [9.17, 15) is 4.79 Å². The molecule has 1 saturated heterocycles. The van der Waals surface area contributed by atoms with Crippen LogP contribution in [0.5, 0.6) is 0 Å². The second-order valence-electron chi connectivity index (χ2n) is 4.82. The van der Waals surface area contributed by atoms with Gasteiger partial charge < -0.3 is 0 Å². The number of ketones is 1. The second kappa shape index (κ2) is 4.23. The molecule has 1 heterocycles. The molecule has 0 amide bonds. The summed E-state index contributed by atoms with van der Waals surface area (Å²) in [5, 5.41) is 0. The highest BCUT2D eigenvalue weighted by molar-refractivity contribution is 5.85. The smallest absolute Gasteiger partial charge is 0.151 e. The number of hydrogen-bond donors (Lipinski definition) is 0. The molecule has 1 fully saturated rings. The van der Waals surface area contributed by atoms with Gasteiger partial charge in [-0.15, -0.1) is 0 Å². The van der Waals surface area contributed by atoms with Gasteiger partial charge >= 0.3 is 0 Å². The van der Waals surface area contributed by atoms with E-state index in [2.05, 4.69) is 32.6 Å². The molecule has 0 saturated carbocycles. The molecule has 0 bridgehead atoms. The lowest BCUT2D eigenvalue weighted by Gasteiger charge is -2.19. The van der Waals surface area contributed by atoms with Crippen LogP contribution in [0.25, 0.3) is 0 Å². The van der Waals surface area contributed by atoms with Crippen molar-refractivity contribution in [3.05, 3.63) is 0 Å². The molecular formula is C11H21NO. The fraction of sp³-hybridized carbons (Fsp3) is 0.909. The molecule has 0 aromatic carbocycles. The predicted octanol–water partition coefficient (Wildman–Crippen LogP) is 1.94. The summed E-state index contributed by atoms with van der Waals surface area (Å²) in [6, 6.07) is 0.515. The van der Waals surface area contributed by atoms with Gasteiger partial charge in [0.15, 0.2) is 5.78 Å². The largest absolute Gasteiger partial charge is 0.298 e. The Morgan fingerprint density at radius 3 is 2.38 bits per heavy atom. The number of carbonyl (C=O) groups excluding carboxylic acids is 1. The van der Waals surface area contributed by atoms with Crippen LogP contribution in [0.4, 0.5) is 0 Å². The van der Waals surface area contributed by atoms with Crippen molar-refractivity contribution in [1.29, 1.82) is 0 Å². The van der Waals surface area contributed by atoms with Gasteiger partial charge in [-0.05, 0) is 26.2 Å². The molecule has 1 aliphatic heterocycles. The minimum absolute atomic E-state index is 0.308. The van der Waals surface area contributed by atoms with Gasteiger partial charge in [0.25, 0.3) is 0 Å². The van der Waals surface area contributed by atoms with Gasteiger partial charge in [0, 0.05) is 18.5 Å². The molecule has 1 unspecified atom stereocenters. The maximum atomic E-state index is 11.6. The van der Waals surface area contributed by atoms with Crippen LogP contribution in [-0.2, 0) is 4.79 Å². The Morgan fingerprint density at radius 1 is 1.38 bits per heavy atom. The third-order valence-corrected chi connectivity index (χ3v) is 2.76. The highest BCUT2D eigenvalue weighted by Gasteiger charge is 2.31. The summed E-state index contributed by atoms with van der Waals surface area (Å²) in [6.07, 6.45) is 1.06. The van der Waals surface area contributed by atoms with Crippen LogP contribution < -0.4 is 0 Å². The van der Waals surface area contributed by atoms with Crippen LogP contribution in [0.3, 0.4) is 0 Å². The van der Waals surface area contributed by atoms with Crippen molar-refractivity contribution >= 4 is 5.78 Å². The third kappa shape index (κ3) is 2.80. The highest BCUT2D eigenvalue weighted by Crippen LogP contribution is 2.21. The van der Waals surface area contributed by atoms with E-state index in [0.29, 0.717) is 30.2 Å². The number of hydrogen-bond acceptors (Lipinski definition) is 2. The molecule has 0 aromatic heterocycles. The summed E-state index contributed by atoms with van der Waals surface area (Å²) in [7, 11) is 0. The van der Waals surface area contributed by atoms with E-state index in [4.69, 9.17) is 0 Å². The SMILES string of the molecule is CC(C)CC1CN(C(C)C)CC1=O. The first kappa shape index (κ1) is 10.7. The van der Waals surface area contributed by atoms with E-state index in [0.717, 1.165) is 13.0 Å². The maximum absolute atomic E-state index is 11.6. The van der Waals surface area contributed by atoms with E-state index in [-0.39, 0.29) is 0 Å². The van der Waals surface area contributed by atoms with E-state index in [1.54, 1.807) is 0 Å². The first-order valence-electron chi connectivity index (χ1n) is 5.27. The van der Waals surface area contributed by atoms with Gasteiger partial charge in [-0.25, -0.2) is 0 Å². The Kier molecular flexibility index (Phi) is 3.48.